The van der Waals surface area contributed by atoms with Crippen LogP contribution < -0.4 is 0 Å². The van der Waals surface area contributed by atoms with Gasteiger partial charge in [-0.25, -0.2) is 0 Å². The zero-order chi connectivity index (χ0) is 19.6. The number of hydrogen-bond acceptors (Lipinski definition) is 1. The van der Waals surface area contributed by atoms with Crippen molar-refractivity contribution >= 4 is 17.9 Å². The monoisotopic (exact) mass is 358 g/mol. The van der Waals surface area contributed by atoms with E-state index in [1.807, 2.05) is 0 Å². The molecule has 1 heteroatoms. The third-order valence-corrected chi connectivity index (χ3v) is 5.58. The zero-order valence-electron chi connectivity index (χ0n) is 17.2. The lowest BCUT2D eigenvalue weighted by molar-refractivity contribution is -0.113. The summed E-state index contributed by atoms with van der Waals surface area (Å²) in [5.74, 6) is 0.667. The van der Waals surface area contributed by atoms with E-state index in [1.165, 1.54) is 11.1 Å². The molecular weight excluding hydrogens is 328 g/mol. The number of carbonyl (C=O) groups is 1. The van der Waals surface area contributed by atoms with Crippen LogP contribution in [0.25, 0.3) is 12.2 Å². The Kier molecular flexibility index (Phi) is 5.51. The molecule has 1 nitrogen and oxygen atoms in total. The molecule has 0 aliphatic heterocycles. The maximum Gasteiger partial charge on any atom is 0.185 e. The molecule has 3 rings (SSSR count). The first-order chi connectivity index (χ1) is 12.7. The highest BCUT2D eigenvalue weighted by atomic mass is 16.1. The van der Waals surface area contributed by atoms with Crippen molar-refractivity contribution < 1.29 is 4.79 Å². The maximum absolute atomic E-state index is 13.2. The first-order valence-corrected chi connectivity index (χ1v) is 9.81. The molecule has 0 unspecified atom stereocenters. The van der Waals surface area contributed by atoms with Crippen LogP contribution in [0.1, 0.15) is 55.9 Å². The van der Waals surface area contributed by atoms with Crippen molar-refractivity contribution in [3.8, 4) is 0 Å². The number of allylic oxidation sites excluding steroid dienone is 2. The second kappa shape index (κ2) is 7.68. The molecule has 0 bridgehead atoms. The number of benzene rings is 2. The molecule has 0 aromatic heterocycles. The van der Waals surface area contributed by atoms with Crippen molar-refractivity contribution in [3.63, 3.8) is 0 Å². The summed E-state index contributed by atoms with van der Waals surface area (Å²) in [5.41, 5.74) is 6.71. The average molecular weight is 359 g/mol. The van der Waals surface area contributed by atoms with Crippen LogP contribution in [-0.4, -0.2) is 5.78 Å². The highest BCUT2D eigenvalue weighted by Gasteiger charge is 2.34. The summed E-state index contributed by atoms with van der Waals surface area (Å²) in [6.45, 7) is 11.0. The fourth-order valence-electron chi connectivity index (χ4n) is 3.58. The van der Waals surface area contributed by atoms with Gasteiger partial charge < -0.3 is 0 Å². The van der Waals surface area contributed by atoms with Gasteiger partial charge in [-0.05, 0) is 61.3 Å². The Morgan fingerprint density at radius 1 is 0.741 bits per heavy atom. The number of carbonyl (C=O) groups excluding carboxylic acids is 1. The minimum Gasteiger partial charge on any atom is -0.289 e. The smallest absolute Gasteiger partial charge is 0.185 e. The minimum absolute atomic E-state index is 0.166. The van der Waals surface area contributed by atoms with E-state index >= 15 is 0 Å². The maximum atomic E-state index is 13.2. The number of aryl methyl sites for hydroxylation is 2. The normalized spacial score (nSPS) is 21.1. The molecule has 0 spiro atoms. The Balaban J connectivity index is 1.99. The van der Waals surface area contributed by atoms with Crippen LogP contribution in [-0.2, 0) is 4.79 Å². The van der Waals surface area contributed by atoms with E-state index in [9.17, 15) is 4.79 Å². The largest absolute Gasteiger partial charge is 0.289 e. The van der Waals surface area contributed by atoms with Gasteiger partial charge in [0.2, 0.25) is 0 Å². The first kappa shape index (κ1) is 19.4. The van der Waals surface area contributed by atoms with Crippen molar-refractivity contribution in [2.75, 3.05) is 0 Å². The molecule has 0 heterocycles. The summed E-state index contributed by atoms with van der Waals surface area (Å²) in [7, 11) is 0. The molecule has 0 atom stereocenters. The third kappa shape index (κ3) is 4.86. The molecule has 2 aromatic carbocycles. The highest BCUT2D eigenvalue weighted by molar-refractivity contribution is 6.14. The van der Waals surface area contributed by atoms with Crippen molar-refractivity contribution in [1.29, 1.82) is 0 Å². The molecule has 1 aliphatic rings. The standard InChI is InChI=1S/C26H30O/c1-18-6-10-20(11-7-18)14-22-16-24(26(3,4)5)17-23(25(22)27)15-21-12-8-19(2)9-13-21/h6-15,24H,16-17H2,1-5H3. The third-order valence-electron chi connectivity index (χ3n) is 5.58. The van der Waals surface area contributed by atoms with Gasteiger partial charge in [0, 0.05) is 11.1 Å². The molecule has 2 aromatic rings. The lowest BCUT2D eigenvalue weighted by Crippen LogP contribution is -2.29. The van der Waals surface area contributed by atoms with Crippen LogP contribution in [0, 0.1) is 25.2 Å². The minimum atomic E-state index is 0.166. The van der Waals surface area contributed by atoms with E-state index < -0.39 is 0 Å². The molecule has 140 valence electrons. The second-order valence-corrected chi connectivity index (χ2v) is 8.96. The fraction of sp³-hybridized carbons (Fsp3) is 0.346. The molecule has 0 amide bonds. The summed E-state index contributed by atoms with van der Waals surface area (Å²) in [6, 6.07) is 16.8. The molecule has 0 radical (unpaired) electrons. The van der Waals surface area contributed by atoms with Gasteiger partial charge in [0.25, 0.3) is 0 Å². The van der Waals surface area contributed by atoms with Gasteiger partial charge in [-0.15, -0.1) is 0 Å². The summed E-state index contributed by atoms with van der Waals surface area (Å²) in [4.78, 5) is 13.2. The molecule has 1 saturated carbocycles. The SMILES string of the molecule is Cc1ccc(C=C2CC(C(C)(C)C)CC(=Cc3ccc(C)cc3)C2=O)cc1. The number of rotatable bonds is 2. The van der Waals surface area contributed by atoms with Crippen molar-refractivity contribution in [1.82, 2.24) is 0 Å². The zero-order valence-corrected chi connectivity index (χ0v) is 17.2. The van der Waals surface area contributed by atoms with E-state index in [4.69, 9.17) is 0 Å². The van der Waals surface area contributed by atoms with E-state index in [2.05, 4.69) is 95.3 Å². The van der Waals surface area contributed by atoms with Gasteiger partial charge in [0.15, 0.2) is 5.78 Å². The van der Waals surface area contributed by atoms with Crippen molar-refractivity contribution in [3.05, 3.63) is 81.9 Å². The Morgan fingerprint density at radius 2 is 1.11 bits per heavy atom. The molecule has 27 heavy (non-hydrogen) atoms. The van der Waals surface area contributed by atoms with Crippen LogP contribution in [0.3, 0.4) is 0 Å². The van der Waals surface area contributed by atoms with Gasteiger partial charge in [0.1, 0.15) is 0 Å². The van der Waals surface area contributed by atoms with Gasteiger partial charge in [0.05, 0.1) is 0 Å². The van der Waals surface area contributed by atoms with Gasteiger partial charge >= 0.3 is 0 Å². The predicted octanol–water partition coefficient (Wildman–Crippen LogP) is 6.80. The van der Waals surface area contributed by atoms with Gasteiger partial charge in [-0.1, -0.05) is 80.4 Å². The van der Waals surface area contributed by atoms with Crippen LogP contribution >= 0.6 is 0 Å². The van der Waals surface area contributed by atoms with Crippen LogP contribution in [0.5, 0.6) is 0 Å². The summed E-state index contributed by atoms with van der Waals surface area (Å²) < 4.78 is 0. The fourth-order valence-corrected chi connectivity index (χ4v) is 3.58. The predicted molar refractivity (Wildman–Crippen MR) is 115 cm³/mol. The molecule has 1 fully saturated rings. The summed E-state index contributed by atoms with van der Waals surface area (Å²) in [6.07, 6.45) is 5.87. The van der Waals surface area contributed by atoms with Crippen LogP contribution in [0.4, 0.5) is 0 Å². The van der Waals surface area contributed by atoms with E-state index in [0.29, 0.717) is 5.92 Å². The van der Waals surface area contributed by atoms with E-state index in [0.717, 1.165) is 35.1 Å². The Morgan fingerprint density at radius 3 is 1.44 bits per heavy atom. The molecule has 0 saturated heterocycles. The highest BCUT2D eigenvalue weighted by Crippen LogP contribution is 2.41. The van der Waals surface area contributed by atoms with E-state index in [1.54, 1.807) is 0 Å². The average Bonchev–Trinajstić information content (AvgIpc) is 2.61. The number of ketones is 1. The molecule has 1 aliphatic carbocycles. The van der Waals surface area contributed by atoms with Crippen molar-refractivity contribution in [2.24, 2.45) is 11.3 Å². The van der Waals surface area contributed by atoms with Gasteiger partial charge in [-0.2, -0.15) is 0 Å². The van der Waals surface area contributed by atoms with Gasteiger partial charge in [-0.3, -0.25) is 4.79 Å². The molecular formula is C26H30O. The van der Waals surface area contributed by atoms with Crippen molar-refractivity contribution in [2.45, 2.75) is 47.5 Å². The lowest BCUT2D eigenvalue weighted by Gasteiger charge is -2.35. The summed E-state index contributed by atoms with van der Waals surface area (Å²) >= 11 is 0. The second-order valence-electron chi connectivity index (χ2n) is 8.96. The Labute approximate surface area is 163 Å². The Hall–Kier alpha value is -2.41. The first-order valence-electron chi connectivity index (χ1n) is 9.81. The van der Waals surface area contributed by atoms with Crippen LogP contribution in [0.2, 0.25) is 0 Å². The molecule has 0 N–H and O–H groups in total. The lowest BCUT2D eigenvalue weighted by atomic mass is 9.68. The number of hydrogen-bond donors (Lipinski definition) is 0. The Bertz CT molecular complexity index is 804. The topological polar surface area (TPSA) is 17.1 Å². The quantitative estimate of drug-likeness (QED) is 0.540. The number of Topliss-reactive ketones (excluding diaryl/α,β-unsaturated/α-hetero) is 1. The van der Waals surface area contributed by atoms with E-state index in [-0.39, 0.29) is 11.2 Å². The summed E-state index contributed by atoms with van der Waals surface area (Å²) in [5, 5.41) is 0. The van der Waals surface area contributed by atoms with Crippen LogP contribution in [0.15, 0.2) is 59.7 Å².